The number of urea groups is 1. The first-order valence-electron chi connectivity index (χ1n) is 9.93. The van der Waals surface area contributed by atoms with Crippen LogP contribution in [0.4, 0.5) is 4.79 Å². The van der Waals surface area contributed by atoms with E-state index in [9.17, 15) is 14.4 Å². The van der Waals surface area contributed by atoms with Crippen molar-refractivity contribution in [2.75, 3.05) is 0 Å². The van der Waals surface area contributed by atoms with Crippen molar-refractivity contribution in [3.8, 4) is 0 Å². The second-order valence-electron chi connectivity index (χ2n) is 8.49. The van der Waals surface area contributed by atoms with Crippen LogP contribution < -0.4 is 10.7 Å². The molecule has 1 aromatic heterocycles. The summed E-state index contributed by atoms with van der Waals surface area (Å²) in [4.78, 5) is 37.2. The van der Waals surface area contributed by atoms with Gasteiger partial charge >= 0.3 is 6.03 Å². The molecule has 7 nitrogen and oxygen atoms in total. The lowest BCUT2D eigenvalue weighted by molar-refractivity contribution is -0.140. The van der Waals surface area contributed by atoms with Gasteiger partial charge in [0.1, 0.15) is 17.1 Å². The van der Waals surface area contributed by atoms with Crippen LogP contribution in [0.1, 0.15) is 69.8 Å². The molecule has 4 rings (SSSR count). The van der Waals surface area contributed by atoms with Gasteiger partial charge in [0.15, 0.2) is 0 Å². The van der Waals surface area contributed by atoms with Crippen molar-refractivity contribution in [3.05, 3.63) is 23.7 Å². The number of carbonyl (C=O) groups is 3. The second kappa shape index (κ2) is 6.69. The number of imide groups is 1. The van der Waals surface area contributed by atoms with Gasteiger partial charge in [-0.3, -0.25) is 15.0 Å². The van der Waals surface area contributed by atoms with Gasteiger partial charge < -0.3 is 9.73 Å². The minimum atomic E-state index is -0.840. The van der Waals surface area contributed by atoms with Gasteiger partial charge in [-0.1, -0.05) is 13.8 Å². The second-order valence-corrected chi connectivity index (χ2v) is 8.49. The lowest BCUT2D eigenvalue weighted by atomic mass is 9.77. The van der Waals surface area contributed by atoms with Gasteiger partial charge in [0.2, 0.25) is 5.91 Å². The third kappa shape index (κ3) is 3.47. The van der Waals surface area contributed by atoms with Gasteiger partial charge in [0, 0.05) is 18.8 Å². The minimum Gasteiger partial charge on any atom is -0.466 e. The molecule has 1 aliphatic heterocycles. The number of nitrogens with one attached hydrogen (secondary N) is 2. The average molecular weight is 373 g/mol. The molecule has 27 heavy (non-hydrogen) atoms. The van der Waals surface area contributed by atoms with Crippen molar-refractivity contribution in [1.29, 1.82) is 0 Å². The number of hydrogen-bond acceptors (Lipinski definition) is 4. The summed E-state index contributed by atoms with van der Waals surface area (Å²) in [6.45, 7) is 4.34. The summed E-state index contributed by atoms with van der Waals surface area (Å²) < 4.78 is 5.80. The molecule has 0 radical (unpaired) electrons. The highest BCUT2D eigenvalue weighted by molar-refractivity contribution is 6.08. The van der Waals surface area contributed by atoms with Crippen molar-refractivity contribution in [2.24, 2.45) is 11.8 Å². The Morgan fingerprint density at radius 1 is 1.30 bits per heavy atom. The number of furan rings is 1. The first kappa shape index (κ1) is 18.1. The van der Waals surface area contributed by atoms with Gasteiger partial charge in [0.25, 0.3) is 5.91 Å². The predicted molar refractivity (Wildman–Crippen MR) is 97.4 cm³/mol. The molecule has 0 aromatic carbocycles. The lowest BCUT2D eigenvalue weighted by Crippen LogP contribution is -2.51. The van der Waals surface area contributed by atoms with E-state index < -0.39 is 11.6 Å². The molecule has 2 N–H and O–H groups in total. The maximum absolute atomic E-state index is 12.7. The largest absolute Gasteiger partial charge is 0.466 e. The quantitative estimate of drug-likeness (QED) is 0.777. The first-order chi connectivity index (χ1) is 12.9. The number of amides is 4. The van der Waals surface area contributed by atoms with Crippen LogP contribution in [0.2, 0.25) is 0 Å². The summed E-state index contributed by atoms with van der Waals surface area (Å²) >= 11 is 0. The Kier molecular flexibility index (Phi) is 4.48. The summed E-state index contributed by atoms with van der Waals surface area (Å²) in [6.07, 6.45) is 4.80. The molecular weight excluding hydrogens is 346 g/mol. The van der Waals surface area contributed by atoms with E-state index in [-0.39, 0.29) is 18.2 Å². The summed E-state index contributed by atoms with van der Waals surface area (Å²) in [5.41, 5.74) is 1.63. The zero-order valence-electron chi connectivity index (χ0n) is 15.9. The van der Waals surface area contributed by atoms with Crippen molar-refractivity contribution in [1.82, 2.24) is 15.8 Å². The van der Waals surface area contributed by atoms with E-state index in [1.165, 1.54) is 0 Å². The van der Waals surface area contributed by atoms with Gasteiger partial charge in [-0.25, -0.2) is 4.79 Å². The zero-order valence-corrected chi connectivity index (χ0v) is 15.9. The highest BCUT2D eigenvalue weighted by Crippen LogP contribution is 2.47. The number of hydrogen-bond donors (Lipinski definition) is 2. The average Bonchev–Trinajstić information content (AvgIpc) is 3.11. The van der Waals surface area contributed by atoms with E-state index in [0.29, 0.717) is 37.0 Å². The normalized spacial score (nSPS) is 32.7. The number of carbonyl (C=O) groups excluding carboxylic acids is 3. The van der Waals surface area contributed by atoms with Crippen LogP contribution in [-0.4, -0.2) is 28.4 Å². The summed E-state index contributed by atoms with van der Waals surface area (Å²) in [5, 5.41) is 3.66. The Morgan fingerprint density at radius 3 is 2.67 bits per heavy atom. The van der Waals surface area contributed by atoms with Crippen molar-refractivity contribution < 1.29 is 18.8 Å². The third-order valence-corrected chi connectivity index (χ3v) is 6.28. The lowest BCUT2D eigenvalue weighted by Gasteiger charge is -2.33. The summed E-state index contributed by atoms with van der Waals surface area (Å²) in [7, 11) is 0. The predicted octanol–water partition coefficient (Wildman–Crippen LogP) is 2.87. The van der Waals surface area contributed by atoms with Crippen LogP contribution in [0, 0.1) is 11.8 Å². The van der Waals surface area contributed by atoms with Gasteiger partial charge in [-0.15, -0.1) is 0 Å². The van der Waals surface area contributed by atoms with E-state index in [1.807, 2.05) is 12.1 Å². The molecule has 4 amide bonds. The Bertz CT molecular complexity index is 763. The van der Waals surface area contributed by atoms with Crippen LogP contribution in [0.3, 0.4) is 0 Å². The van der Waals surface area contributed by atoms with Crippen LogP contribution in [0.5, 0.6) is 0 Å². The Morgan fingerprint density at radius 2 is 2.00 bits per heavy atom. The molecule has 7 heteroatoms. The van der Waals surface area contributed by atoms with Crippen molar-refractivity contribution >= 4 is 17.8 Å². The Balaban J connectivity index is 1.30. The fourth-order valence-corrected chi connectivity index (χ4v) is 4.18. The third-order valence-electron chi connectivity index (χ3n) is 6.28. The van der Waals surface area contributed by atoms with E-state index in [0.717, 1.165) is 35.8 Å². The molecule has 1 aromatic rings. The summed E-state index contributed by atoms with van der Waals surface area (Å²) in [5.74, 6) is 2.78. The molecule has 3 fully saturated rings. The van der Waals surface area contributed by atoms with Gasteiger partial charge in [-0.2, -0.15) is 5.01 Å². The molecule has 2 atom stereocenters. The smallest absolute Gasteiger partial charge is 0.344 e. The van der Waals surface area contributed by atoms with Crippen LogP contribution in [-0.2, 0) is 16.0 Å². The maximum Gasteiger partial charge on any atom is 0.344 e. The van der Waals surface area contributed by atoms with E-state index >= 15 is 0 Å². The minimum absolute atomic E-state index is 0.161. The molecule has 1 saturated heterocycles. The van der Waals surface area contributed by atoms with Crippen LogP contribution in [0.25, 0.3) is 0 Å². The maximum atomic E-state index is 12.7. The monoisotopic (exact) mass is 373 g/mol. The molecule has 146 valence electrons. The number of aryl methyl sites for hydroxylation is 1. The molecule has 2 saturated carbocycles. The molecule has 2 heterocycles. The highest BCUT2D eigenvalue weighted by Gasteiger charge is 2.52. The molecule has 0 bridgehead atoms. The number of nitrogens with zero attached hydrogens (tertiary/aromatic N) is 1. The van der Waals surface area contributed by atoms with Gasteiger partial charge in [0.05, 0.1) is 0 Å². The summed E-state index contributed by atoms with van der Waals surface area (Å²) in [6, 6.07) is 3.34. The topological polar surface area (TPSA) is 91.7 Å². The molecule has 0 unspecified atom stereocenters. The molecule has 3 aliphatic rings. The van der Waals surface area contributed by atoms with Crippen LogP contribution >= 0.6 is 0 Å². The number of hydrazine groups is 1. The van der Waals surface area contributed by atoms with Crippen molar-refractivity contribution in [3.63, 3.8) is 0 Å². The van der Waals surface area contributed by atoms with Gasteiger partial charge in [-0.05, 0) is 56.1 Å². The highest BCUT2D eigenvalue weighted by atomic mass is 16.3. The fraction of sp³-hybridized carbons (Fsp3) is 0.650. The van der Waals surface area contributed by atoms with E-state index in [2.05, 4.69) is 24.6 Å². The Hall–Kier alpha value is -2.31. The molecule has 1 spiro atoms. The van der Waals surface area contributed by atoms with E-state index in [1.54, 1.807) is 0 Å². The zero-order chi connectivity index (χ0) is 19.2. The molecule has 2 aliphatic carbocycles. The Labute approximate surface area is 158 Å². The van der Waals surface area contributed by atoms with E-state index in [4.69, 9.17) is 4.42 Å². The SMILES string of the molecule is CC1CCC2(CC1)NC(=O)N(NC(=O)CCc1ccc([C@@H]3C[C@H]3C)o1)C2=O. The fourth-order valence-electron chi connectivity index (χ4n) is 4.18. The number of rotatable bonds is 5. The standard InChI is InChI=1S/C20H27N3O4/c1-12-7-9-20(10-8-12)18(25)23(19(26)21-20)22-17(24)6-4-14-3-5-16(27-14)15-11-13(15)2/h3,5,12-13,15H,4,6-11H2,1-2H3,(H,21,26)(H,22,24)/t12?,13-,15-,20?/m1/s1. The van der Waals surface area contributed by atoms with Crippen molar-refractivity contribution in [2.45, 2.75) is 70.3 Å². The van der Waals surface area contributed by atoms with Crippen LogP contribution in [0.15, 0.2) is 16.5 Å². The first-order valence-corrected chi connectivity index (χ1v) is 9.93. The molecular formula is C20H27N3O4.